The van der Waals surface area contributed by atoms with Crippen LogP contribution in [0.1, 0.15) is 17.8 Å². The van der Waals surface area contributed by atoms with Gasteiger partial charge in [0.2, 0.25) is 5.91 Å². The van der Waals surface area contributed by atoms with Crippen molar-refractivity contribution in [3.63, 3.8) is 0 Å². The number of nitrogens with zero attached hydrogens (tertiary/aromatic N) is 3. The van der Waals surface area contributed by atoms with Crippen molar-refractivity contribution in [3.8, 4) is 11.3 Å². The number of hydrogen-bond acceptors (Lipinski definition) is 5. The first-order valence-corrected chi connectivity index (χ1v) is 9.56. The minimum Gasteiger partial charge on any atom is -0.510 e. The van der Waals surface area contributed by atoms with Crippen molar-refractivity contribution in [3.05, 3.63) is 46.5 Å². The van der Waals surface area contributed by atoms with Gasteiger partial charge >= 0.3 is 0 Å². The Kier molecular flexibility index (Phi) is 4.46. The highest BCUT2D eigenvalue weighted by atomic mass is 32.1. The predicted octanol–water partition coefficient (Wildman–Crippen LogP) is 2.99. The minimum atomic E-state index is 0.178. The Morgan fingerprint density at radius 3 is 2.69 bits per heavy atom. The Morgan fingerprint density at radius 2 is 1.96 bits per heavy atom. The van der Waals surface area contributed by atoms with Gasteiger partial charge in [-0.25, -0.2) is 4.98 Å². The van der Waals surface area contributed by atoms with Gasteiger partial charge in [0.1, 0.15) is 16.6 Å². The molecule has 4 rings (SSSR count). The number of hydrogen-bond donors (Lipinski definition) is 2. The molecule has 3 heterocycles. The van der Waals surface area contributed by atoms with Crippen LogP contribution in [0.2, 0.25) is 0 Å². The van der Waals surface area contributed by atoms with Crippen LogP contribution in [-0.2, 0) is 4.79 Å². The number of carbonyl (C=O) groups excluding carboxylic acids is 1. The molecule has 7 heteroatoms. The summed E-state index contributed by atoms with van der Waals surface area (Å²) >= 11 is 1.43. The van der Waals surface area contributed by atoms with Crippen molar-refractivity contribution in [1.29, 1.82) is 5.41 Å². The van der Waals surface area contributed by atoms with Crippen molar-refractivity contribution in [2.75, 3.05) is 26.2 Å². The second-order valence-electron chi connectivity index (χ2n) is 6.48. The van der Waals surface area contributed by atoms with Crippen LogP contribution < -0.4 is 0 Å². The minimum absolute atomic E-state index is 0.178. The van der Waals surface area contributed by atoms with E-state index in [1.165, 1.54) is 11.3 Å². The molecule has 0 saturated carbocycles. The number of aromatic nitrogens is 1. The molecule has 2 aliphatic rings. The molecule has 0 aliphatic carbocycles. The quantitative estimate of drug-likeness (QED) is 0.850. The van der Waals surface area contributed by atoms with Crippen LogP contribution in [-0.4, -0.2) is 57.8 Å². The Hall–Kier alpha value is -2.67. The lowest BCUT2D eigenvalue weighted by atomic mass is 10.2. The fourth-order valence-electron chi connectivity index (χ4n) is 3.36. The zero-order chi connectivity index (χ0) is 18.1. The lowest BCUT2D eigenvalue weighted by molar-refractivity contribution is -0.127. The number of amidine groups is 1. The number of nitrogens with one attached hydrogen (secondary N) is 1. The topological polar surface area (TPSA) is 80.5 Å². The summed E-state index contributed by atoms with van der Waals surface area (Å²) in [5, 5.41) is 21.4. The van der Waals surface area contributed by atoms with E-state index in [2.05, 4.69) is 4.98 Å². The highest BCUT2D eigenvalue weighted by Crippen LogP contribution is 2.32. The maximum Gasteiger partial charge on any atom is 0.222 e. The first-order valence-electron chi connectivity index (χ1n) is 8.68. The molecule has 134 valence electrons. The average molecular weight is 368 g/mol. The highest BCUT2D eigenvalue weighted by Gasteiger charge is 2.31. The molecule has 0 radical (unpaired) electrons. The van der Waals surface area contributed by atoms with E-state index in [0.29, 0.717) is 36.6 Å². The smallest absolute Gasteiger partial charge is 0.222 e. The Bertz CT molecular complexity index is 875. The molecule has 1 saturated heterocycles. The lowest BCUT2D eigenvalue weighted by Gasteiger charge is -2.22. The van der Waals surface area contributed by atoms with Gasteiger partial charge in [0.25, 0.3) is 0 Å². The molecule has 2 aromatic rings. The number of thiazole rings is 1. The molecule has 1 amide bonds. The van der Waals surface area contributed by atoms with E-state index in [0.717, 1.165) is 24.2 Å². The molecule has 1 aromatic heterocycles. The second-order valence-corrected chi connectivity index (χ2v) is 7.34. The summed E-state index contributed by atoms with van der Waals surface area (Å²) in [6.45, 7) is 2.24. The average Bonchev–Trinajstić information content (AvgIpc) is 3.34. The second kappa shape index (κ2) is 6.92. The molecule has 2 aliphatic heterocycles. The first-order chi connectivity index (χ1) is 12.6. The van der Waals surface area contributed by atoms with Crippen LogP contribution in [0.3, 0.4) is 0 Å². The van der Waals surface area contributed by atoms with Crippen LogP contribution in [0.15, 0.2) is 41.5 Å². The molecule has 0 spiro atoms. The van der Waals surface area contributed by atoms with Gasteiger partial charge in [0, 0.05) is 37.0 Å². The molecule has 0 atom stereocenters. The van der Waals surface area contributed by atoms with Crippen molar-refractivity contribution < 1.29 is 9.90 Å². The van der Waals surface area contributed by atoms with Gasteiger partial charge in [-0.1, -0.05) is 30.3 Å². The van der Waals surface area contributed by atoms with E-state index in [1.807, 2.05) is 40.6 Å². The van der Waals surface area contributed by atoms with Gasteiger partial charge in [0.05, 0.1) is 17.8 Å². The number of amides is 1. The maximum absolute atomic E-state index is 11.7. The van der Waals surface area contributed by atoms with Gasteiger partial charge in [-0.15, -0.1) is 11.3 Å². The Labute approximate surface area is 155 Å². The Balaban J connectivity index is 1.47. The molecule has 26 heavy (non-hydrogen) atoms. The molecule has 2 N–H and O–H groups in total. The fourth-order valence-corrected chi connectivity index (χ4v) is 4.26. The number of benzene rings is 1. The summed E-state index contributed by atoms with van der Waals surface area (Å²) in [4.78, 5) is 20.0. The number of carbonyl (C=O) groups is 1. The first kappa shape index (κ1) is 16.8. The number of likely N-dealkylation sites (tertiary alicyclic amines) is 1. The van der Waals surface area contributed by atoms with Gasteiger partial charge in [-0.3, -0.25) is 10.2 Å². The zero-order valence-electron chi connectivity index (χ0n) is 14.3. The number of rotatable bonds is 5. The monoisotopic (exact) mass is 368 g/mol. The van der Waals surface area contributed by atoms with Crippen LogP contribution in [0, 0.1) is 5.41 Å². The van der Waals surface area contributed by atoms with Crippen molar-refractivity contribution in [1.82, 2.24) is 14.8 Å². The SMILES string of the molecule is N=C1C(c2nc(-c3ccccc3)cs2)=C(O)CN1CCN1CCCC1=O. The normalized spacial score (nSPS) is 17.7. The third kappa shape index (κ3) is 3.10. The van der Waals surface area contributed by atoms with Crippen LogP contribution in [0.5, 0.6) is 0 Å². The summed E-state index contributed by atoms with van der Waals surface area (Å²) < 4.78 is 0. The number of aliphatic hydroxyl groups excluding tert-OH is 1. The summed E-state index contributed by atoms with van der Waals surface area (Å²) in [6.07, 6.45) is 1.53. The third-order valence-corrected chi connectivity index (χ3v) is 5.64. The fraction of sp³-hybridized carbons (Fsp3) is 0.316. The molecule has 1 fully saturated rings. The number of aliphatic hydroxyl groups is 1. The van der Waals surface area contributed by atoms with Crippen LogP contribution in [0.25, 0.3) is 16.8 Å². The summed E-state index contributed by atoms with van der Waals surface area (Å²) in [6, 6.07) is 9.87. The standard InChI is InChI=1S/C19H20N4O2S/c20-18-17(19-21-14(12-26-19)13-5-2-1-3-6-13)15(24)11-23(18)10-9-22-8-4-7-16(22)25/h1-3,5-6,12,20,24H,4,7-11H2. The lowest BCUT2D eigenvalue weighted by Crippen LogP contribution is -2.37. The van der Waals surface area contributed by atoms with Crippen molar-refractivity contribution in [2.45, 2.75) is 12.8 Å². The van der Waals surface area contributed by atoms with Crippen molar-refractivity contribution >= 4 is 28.7 Å². The molecular weight excluding hydrogens is 348 g/mol. The summed E-state index contributed by atoms with van der Waals surface area (Å²) in [5.74, 6) is 0.639. The van der Waals surface area contributed by atoms with E-state index in [4.69, 9.17) is 5.41 Å². The molecular formula is C19H20N4O2S. The van der Waals surface area contributed by atoms with Crippen molar-refractivity contribution in [2.24, 2.45) is 0 Å². The van der Waals surface area contributed by atoms with Crippen LogP contribution in [0.4, 0.5) is 0 Å². The van der Waals surface area contributed by atoms with Crippen LogP contribution >= 0.6 is 11.3 Å². The van der Waals surface area contributed by atoms with E-state index in [1.54, 1.807) is 4.90 Å². The third-order valence-electron chi connectivity index (χ3n) is 4.78. The Morgan fingerprint density at radius 1 is 1.19 bits per heavy atom. The molecule has 6 nitrogen and oxygen atoms in total. The van der Waals surface area contributed by atoms with E-state index < -0.39 is 0 Å². The predicted molar refractivity (Wildman–Crippen MR) is 102 cm³/mol. The summed E-state index contributed by atoms with van der Waals surface area (Å²) in [7, 11) is 0. The van der Waals surface area contributed by atoms with E-state index in [-0.39, 0.29) is 17.5 Å². The summed E-state index contributed by atoms with van der Waals surface area (Å²) in [5.41, 5.74) is 2.37. The van der Waals surface area contributed by atoms with Gasteiger partial charge in [-0.2, -0.15) is 0 Å². The largest absolute Gasteiger partial charge is 0.510 e. The van der Waals surface area contributed by atoms with E-state index in [9.17, 15) is 9.90 Å². The zero-order valence-corrected chi connectivity index (χ0v) is 15.1. The van der Waals surface area contributed by atoms with Gasteiger partial charge < -0.3 is 14.9 Å². The molecule has 0 bridgehead atoms. The highest BCUT2D eigenvalue weighted by molar-refractivity contribution is 7.11. The van der Waals surface area contributed by atoms with E-state index >= 15 is 0 Å². The molecule has 1 aromatic carbocycles. The maximum atomic E-state index is 11.7. The van der Waals surface area contributed by atoms with Gasteiger partial charge in [0.15, 0.2) is 0 Å². The molecule has 0 unspecified atom stereocenters. The van der Waals surface area contributed by atoms with Gasteiger partial charge in [-0.05, 0) is 6.42 Å².